The van der Waals surface area contributed by atoms with E-state index >= 15 is 0 Å². The maximum Gasteiger partial charge on any atom is 0.279 e. The fourth-order valence-electron chi connectivity index (χ4n) is 0.866. The first-order valence-electron chi connectivity index (χ1n) is 3.10. The molecule has 11 heavy (non-hydrogen) atoms. The molecule has 1 aliphatic heterocycles. The third-order valence-electron chi connectivity index (χ3n) is 1.33. The highest BCUT2D eigenvalue weighted by atomic mass is 79.9. The van der Waals surface area contributed by atoms with Crippen molar-refractivity contribution in [1.82, 2.24) is 9.03 Å². The molecule has 0 aromatic heterocycles. The molecule has 1 rings (SSSR count). The minimum Gasteiger partial charge on any atom is -0.201 e. The molecule has 4 nitrogen and oxygen atoms in total. The highest BCUT2D eigenvalue weighted by Gasteiger charge is 2.27. The molecule has 0 unspecified atom stereocenters. The summed E-state index contributed by atoms with van der Waals surface area (Å²) in [5.41, 5.74) is 0. The molecular formula is C5H9BrN2O2S. The van der Waals surface area contributed by atoms with Gasteiger partial charge >= 0.3 is 0 Å². The molecule has 0 spiro atoms. The number of halogens is 1. The zero-order valence-electron chi connectivity index (χ0n) is 5.88. The van der Waals surface area contributed by atoms with E-state index in [1.807, 2.05) is 0 Å². The summed E-state index contributed by atoms with van der Waals surface area (Å²) in [5.74, 6) is 0. The summed E-state index contributed by atoms with van der Waals surface area (Å²) in [6, 6.07) is 0. The fourth-order valence-corrected chi connectivity index (χ4v) is 2.52. The molecule has 6 heteroatoms. The van der Waals surface area contributed by atoms with Crippen molar-refractivity contribution in [3.63, 3.8) is 0 Å². The Bertz CT molecular complexity index is 262. The standard InChI is InChI=1S/C5H9BrN2O2S/c1-5(6)4-8-3-2-7-11(8,9)10/h7H,1-4H2. The Morgan fingerprint density at radius 1 is 1.73 bits per heavy atom. The Morgan fingerprint density at radius 3 is 2.73 bits per heavy atom. The van der Waals surface area contributed by atoms with Crippen molar-refractivity contribution >= 4 is 26.1 Å². The Morgan fingerprint density at radius 2 is 2.36 bits per heavy atom. The minimum absolute atomic E-state index is 0.343. The van der Waals surface area contributed by atoms with Crippen molar-refractivity contribution in [3.05, 3.63) is 11.1 Å². The van der Waals surface area contributed by atoms with Crippen LogP contribution in [0, 0.1) is 0 Å². The second-order valence-electron chi connectivity index (χ2n) is 2.25. The predicted octanol–water partition coefficient (Wildman–Crippen LogP) is 0.0450. The minimum atomic E-state index is -3.19. The molecule has 1 saturated heterocycles. The summed E-state index contributed by atoms with van der Waals surface area (Å²) in [5, 5.41) is 0. The van der Waals surface area contributed by atoms with Gasteiger partial charge in [-0.05, 0) is 0 Å². The summed E-state index contributed by atoms with van der Waals surface area (Å²) in [4.78, 5) is 0. The molecule has 1 fully saturated rings. The van der Waals surface area contributed by atoms with Gasteiger partial charge in [0.2, 0.25) is 0 Å². The average molecular weight is 241 g/mol. The van der Waals surface area contributed by atoms with E-state index in [2.05, 4.69) is 27.2 Å². The largest absolute Gasteiger partial charge is 0.279 e. The summed E-state index contributed by atoms with van der Waals surface area (Å²) in [6.45, 7) is 4.92. The molecule has 64 valence electrons. The Labute approximate surface area is 74.6 Å². The van der Waals surface area contributed by atoms with Crippen molar-refractivity contribution in [2.75, 3.05) is 19.6 Å². The Hall–Kier alpha value is 0.0900. The lowest BCUT2D eigenvalue weighted by molar-refractivity contribution is 0.483. The van der Waals surface area contributed by atoms with Crippen molar-refractivity contribution in [1.29, 1.82) is 0 Å². The molecule has 1 N–H and O–H groups in total. The van der Waals surface area contributed by atoms with Gasteiger partial charge in [-0.2, -0.15) is 12.7 Å². The number of hydrogen-bond donors (Lipinski definition) is 1. The molecule has 1 aliphatic rings. The fraction of sp³-hybridized carbons (Fsp3) is 0.600. The van der Waals surface area contributed by atoms with Gasteiger partial charge in [-0.1, -0.05) is 22.5 Å². The molecule has 0 bridgehead atoms. The third-order valence-corrected chi connectivity index (χ3v) is 3.14. The highest BCUT2D eigenvalue weighted by Crippen LogP contribution is 2.10. The second kappa shape index (κ2) is 3.22. The van der Waals surface area contributed by atoms with Gasteiger partial charge in [0.25, 0.3) is 10.2 Å². The van der Waals surface area contributed by atoms with Gasteiger partial charge in [-0.15, -0.1) is 0 Å². The topological polar surface area (TPSA) is 49.4 Å². The van der Waals surface area contributed by atoms with E-state index in [1.54, 1.807) is 0 Å². The van der Waals surface area contributed by atoms with Crippen LogP contribution in [0.15, 0.2) is 11.1 Å². The monoisotopic (exact) mass is 240 g/mol. The molecule has 0 amide bonds. The zero-order valence-corrected chi connectivity index (χ0v) is 8.28. The van der Waals surface area contributed by atoms with E-state index in [-0.39, 0.29) is 0 Å². The van der Waals surface area contributed by atoms with E-state index in [4.69, 9.17) is 0 Å². The van der Waals surface area contributed by atoms with Gasteiger partial charge in [0.15, 0.2) is 0 Å². The van der Waals surface area contributed by atoms with Crippen LogP contribution in [-0.2, 0) is 10.2 Å². The van der Waals surface area contributed by atoms with Gasteiger partial charge < -0.3 is 0 Å². The van der Waals surface area contributed by atoms with Crippen molar-refractivity contribution < 1.29 is 8.42 Å². The maximum atomic E-state index is 11.1. The van der Waals surface area contributed by atoms with Gasteiger partial charge in [-0.25, -0.2) is 4.72 Å². The van der Waals surface area contributed by atoms with E-state index < -0.39 is 10.2 Å². The van der Waals surface area contributed by atoms with Crippen LogP contribution >= 0.6 is 15.9 Å². The first-order chi connectivity index (χ1) is 5.02. The summed E-state index contributed by atoms with van der Waals surface area (Å²) >= 11 is 3.11. The molecule has 1 heterocycles. The van der Waals surface area contributed by atoms with Crippen molar-refractivity contribution in [2.24, 2.45) is 0 Å². The van der Waals surface area contributed by atoms with Crippen LogP contribution in [0.3, 0.4) is 0 Å². The van der Waals surface area contributed by atoms with Gasteiger partial charge in [-0.3, -0.25) is 0 Å². The third kappa shape index (κ3) is 2.26. The zero-order chi connectivity index (χ0) is 8.48. The maximum absolute atomic E-state index is 11.1. The van der Waals surface area contributed by atoms with Crippen molar-refractivity contribution in [2.45, 2.75) is 0 Å². The Balaban J connectivity index is 2.66. The van der Waals surface area contributed by atoms with Crippen LogP contribution in [0.5, 0.6) is 0 Å². The predicted molar refractivity (Wildman–Crippen MR) is 46.6 cm³/mol. The molecule has 0 aromatic carbocycles. The molecule has 0 aliphatic carbocycles. The summed E-state index contributed by atoms with van der Waals surface area (Å²) < 4.78 is 26.5. The average Bonchev–Trinajstić information content (AvgIpc) is 2.10. The van der Waals surface area contributed by atoms with E-state index in [9.17, 15) is 8.42 Å². The lowest BCUT2D eigenvalue weighted by Gasteiger charge is -2.11. The van der Waals surface area contributed by atoms with Crippen LogP contribution in [0.1, 0.15) is 0 Å². The molecule has 0 aromatic rings. The number of rotatable bonds is 2. The van der Waals surface area contributed by atoms with E-state index in [1.165, 1.54) is 4.31 Å². The molecular weight excluding hydrogens is 232 g/mol. The lowest BCUT2D eigenvalue weighted by atomic mass is 10.6. The van der Waals surface area contributed by atoms with Gasteiger partial charge in [0.05, 0.1) is 0 Å². The van der Waals surface area contributed by atoms with Crippen molar-refractivity contribution in [3.8, 4) is 0 Å². The molecule has 0 saturated carbocycles. The smallest absolute Gasteiger partial charge is 0.201 e. The lowest BCUT2D eigenvalue weighted by Crippen LogP contribution is -2.30. The number of hydrogen-bond acceptors (Lipinski definition) is 2. The normalized spacial score (nSPS) is 23.7. The highest BCUT2D eigenvalue weighted by molar-refractivity contribution is 9.11. The Kier molecular flexibility index (Phi) is 2.69. The van der Waals surface area contributed by atoms with E-state index in [0.717, 1.165) is 0 Å². The van der Waals surface area contributed by atoms with Gasteiger partial charge in [0.1, 0.15) is 0 Å². The summed E-state index contributed by atoms with van der Waals surface area (Å²) in [6.07, 6.45) is 0. The molecule has 0 atom stereocenters. The second-order valence-corrected chi connectivity index (χ2v) is 5.13. The first kappa shape index (κ1) is 9.18. The van der Waals surface area contributed by atoms with E-state index in [0.29, 0.717) is 24.1 Å². The van der Waals surface area contributed by atoms with Crippen LogP contribution in [0.25, 0.3) is 0 Å². The summed E-state index contributed by atoms with van der Waals surface area (Å²) in [7, 11) is -3.19. The molecule has 0 radical (unpaired) electrons. The number of nitrogens with one attached hydrogen (secondary N) is 1. The first-order valence-corrected chi connectivity index (χ1v) is 5.34. The van der Waals surface area contributed by atoms with Crippen LogP contribution in [0.2, 0.25) is 0 Å². The quantitative estimate of drug-likeness (QED) is 0.742. The van der Waals surface area contributed by atoms with Crippen LogP contribution in [-0.4, -0.2) is 32.4 Å². The van der Waals surface area contributed by atoms with Crippen LogP contribution < -0.4 is 4.72 Å². The van der Waals surface area contributed by atoms with Gasteiger partial charge in [0, 0.05) is 24.1 Å². The SMILES string of the molecule is C=C(Br)CN1CCNS1(=O)=O. The number of nitrogens with zero attached hydrogens (tertiary/aromatic N) is 1. The van der Waals surface area contributed by atoms with Crippen LogP contribution in [0.4, 0.5) is 0 Å².